The van der Waals surface area contributed by atoms with Gasteiger partial charge in [0, 0.05) is 20.2 Å². The Balaban J connectivity index is 4.19. The zero-order valence-corrected chi connectivity index (χ0v) is 11.8. The van der Waals surface area contributed by atoms with E-state index < -0.39 is 12.1 Å². The molecule has 0 rings (SSSR count). The first kappa shape index (κ1) is 16.7. The molecule has 0 aromatic carbocycles. The molecule has 18 heavy (non-hydrogen) atoms. The van der Waals surface area contributed by atoms with E-state index >= 15 is 0 Å². The van der Waals surface area contributed by atoms with Crippen LogP contribution >= 0.6 is 0 Å². The standard InChI is InChI=1S/C12H24N2O4/c1-8(2)6-9(3)14(4)12(17)13-7-10(18-5)11(15)16/h8-10H,6-7H2,1-5H3,(H,13,17)(H,15,16). The fourth-order valence-corrected chi connectivity index (χ4v) is 1.62. The van der Waals surface area contributed by atoms with Crippen molar-refractivity contribution in [2.24, 2.45) is 5.92 Å². The van der Waals surface area contributed by atoms with E-state index in [-0.39, 0.29) is 18.6 Å². The number of hydrogen-bond donors (Lipinski definition) is 2. The third-order valence-corrected chi connectivity index (χ3v) is 2.79. The summed E-state index contributed by atoms with van der Waals surface area (Å²) in [5, 5.41) is 11.3. The highest BCUT2D eigenvalue weighted by atomic mass is 16.5. The second-order valence-electron chi connectivity index (χ2n) is 4.84. The topological polar surface area (TPSA) is 78.9 Å². The molecule has 0 aliphatic rings. The van der Waals surface area contributed by atoms with Crippen molar-refractivity contribution in [3.63, 3.8) is 0 Å². The van der Waals surface area contributed by atoms with Crippen LogP contribution < -0.4 is 5.32 Å². The molecule has 0 aromatic heterocycles. The molecule has 2 amide bonds. The lowest BCUT2D eigenvalue weighted by Crippen LogP contribution is -2.46. The van der Waals surface area contributed by atoms with Crippen molar-refractivity contribution in [1.29, 1.82) is 0 Å². The fourth-order valence-electron chi connectivity index (χ4n) is 1.62. The van der Waals surface area contributed by atoms with Crippen LogP contribution in [0.15, 0.2) is 0 Å². The van der Waals surface area contributed by atoms with Crippen molar-refractivity contribution in [3.8, 4) is 0 Å². The zero-order chi connectivity index (χ0) is 14.3. The number of ether oxygens (including phenoxy) is 1. The lowest BCUT2D eigenvalue weighted by molar-refractivity contribution is -0.148. The number of rotatable bonds is 7. The highest BCUT2D eigenvalue weighted by molar-refractivity contribution is 5.77. The summed E-state index contributed by atoms with van der Waals surface area (Å²) in [7, 11) is 3.00. The van der Waals surface area contributed by atoms with Gasteiger partial charge in [-0.2, -0.15) is 0 Å². The van der Waals surface area contributed by atoms with Crippen molar-refractivity contribution in [2.75, 3.05) is 20.7 Å². The number of methoxy groups -OCH3 is 1. The molecule has 0 radical (unpaired) electrons. The Morgan fingerprint density at radius 1 is 1.33 bits per heavy atom. The van der Waals surface area contributed by atoms with Gasteiger partial charge < -0.3 is 20.1 Å². The first-order valence-electron chi connectivity index (χ1n) is 6.05. The molecule has 0 aliphatic carbocycles. The Hall–Kier alpha value is -1.30. The summed E-state index contributed by atoms with van der Waals surface area (Å²) in [6.07, 6.45) is -0.112. The number of carbonyl (C=O) groups excluding carboxylic acids is 1. The monoisotopic (exact) mass is 260 g/mol. The number of urea groups is 1. The third-order valence-electron chi connectivity index (χ3n) is 2.79. The van der Waals surface area contributed by atoms with Crippen LogP contribution in [0, 0.1) is 5.92 Å². The molecular weight excluding hydrogens is 236 g/mol. The molecule has 0 saturated heterocycles. The summed E-state index contributed by atoms with van der Waals surface area (Å²) < 4.78 is 4.73. The van der Waals surface area contributed by atoms with Gasteiger partial charge in [-0.15, -0.1) is 0 Å². The van der Waals surface area contributed by atoms with Crippen LogP contribution in [-0.4, -0.2) is 54.9 Å². The lowest BCUT2D eigenvalue weighted by Gasteiger charge is -2.27. The van der Waals surface area contributed by atoms with Gasteiger partial charge in [-0.25, -0.2) is 9.59 Å². The molecule has 2 atom stereocenters. The second kappa shape index (κ2) is 7.92. The van der Waals surface area contributed by atoms with Crippen LogP contribution in [0.25, 0.3) is 0 Å². The van der Waals surface area contributed by atoms with E-state index in [1.165, 1.54) is 7.11 Å². The van der Waals surface area contributed by atoms with Crippen molar-refractivity contribution in [3.05, 3.63) is 0 Å². The van der Waals surface area contributed by atoms with E-state index in [1.807, 2.05) is 6.92 Å². The van der Waals surface area contributed by atoms with Crippen molar-refractivity contribution >= 4 is 12.0 Å². The smallest absolute Gasteiger partial charge is 0.334 e. The van der Waals surface area contributed by atoms with Gasteiger partial charge in [0.25, 0.3) is 0 Å². The maximum Gasteiger partial charge on any atom is 0.334 e. The minimum Gasteiger partial charge on any atom is -0.479 e. The molecule has 0 aliphatic heterocycles. The number of hydrogen-bond acceptors (Lipinski definition) is 3. The Labute approximate surface area is 108 Å². The van der Waals surface area contributed by atoms with Crippen LogP contribution in [0.4, 0.5) is 4.79 Å². The van der Waals surface area contributed by atoms with E-state index in [4.69, 9.17) is 9.84 Å². The van der Waals surface area contributed by atoms with E-state index in [1.54, 1.807) is 11.9 Å². The molecule has 0 bridgehead atoms. The Bertz CT molecular complexity index is 281. The van der Waals surface area contributed by atoms with Gasteiger partial charge in [-0.05, 0) is 19.3 Å². The molecule has 0 heterocycles. The van der Waals surface area contributed by atoms with Crippen LogP contribution in [0.2, 0.25) is 0 Å². The quantitative estimate of drug-likeness (QED) is 0.720. The normalized spacial score (nSPS) is 14.1. The van der Waals surface area contributed by atoms with Crippen molar-refractivity contribution < 1.29 is 19.4 Å². The van der Waals surface area contributed by atoms with Gasteiger partial charge in [0.15, 0.2) is 6.10 Å². The minimum atomic E-state index is -1.09. The highest BCUT2D eigenvalue weighted by Crippen LogP contribution is 2.09. The molecule has 6 heteroatoms. The molecule has 0 spiro atoms. The Morgan fingerprint density at radius 3 is 2.28 bits per heavy atom. The van der Waals surface area contributed by atoms with E-state index in [2.05, 4.69) is 19.2 Å². The number of nitrogens with one attached hydrogen (secondary N) is 1. The molecule has 2 unspecified atom stereocenters. The summed E-state index contributed by atoms with van der Waals surface area (Å²) in [5.74, 6) is -0.586. The Kier molecular flexibility index (Phi) is 7.35. The number of amides is 2. The van der Waals surface area contributed by atoms with Gasteiger partial charge in [0.1, 0.15) is 0 Å². The first-order chi connectivity index (χ1) is 8.29. The molecule has 2 N–H and O–H groups in total. The SMILES string of the molecule is COC(CNC(=O)N(C)C(C)CC(C)C)C(=O)O. The predicted molar refractivity (Wildman–Crippen MR) is 68.5 cm³/mol. The van der Waals surface area contributed by atoms with Crippen LogP contribution in [0.3, 0.4) is 0 Å². The van der Waals surface area contributed by atoms with Crippen LogP contribution in [0.5, 0.6) is 0 Å². The number of carboxylic acids is 1. The van der Waals surface area contributed by atoms with Crippen molar-refractivity contribution in [1.82, 2.24) is 10.2 Å². The average Bonchev–Trinajstić information content (AvgIpc) is 2.27. The summed E-state index contributed by atoms with van der Waals surface area (Å²) in [5.41, 5.74) is 0. The summed E-state index contributed by atoms with van der Waals surface area (Å²) in [6, 6.07) is -0.178. The van der Waals surface area contributed by atoms with Gasteiger partial charge >= 0.3 is 12.0 Å². The minimum absolute atomic E-state index is 0.0383. The maximum atomic E-state index is 11.8. The molecule has 6 nitrogen and oxygen atoms in total. The number of nitrogens with zero attached hydrogens (tertiary/aromatic N) is 1. The van der Waals surface area contributed by atoms with Crippen molar-refractivity contribution in [2.45, 2.75) is 39.3 Å². The van der Waals surface area contributed by atoms with E-state index in [0.29, 0.717) is 5.92 Å². The summed E-state index contributed by atoms with van der Waals surface area (Å²) >= 11 is 0. The van der Waals surface area contributed by atoms with Crippen LogP contribution in [0.1, 0.15) is 27.2 Å². The maximum absolute atomic E-state index is 11.8. The summed E-state index contributed by atoms with van der Waals surface area (Å²) in [4.78, 5) is 24.1. The van der Waals surface area contributed by atoms with Gasteiger partial charge in [0.2, 0.25) is 0 Å². The molecule has 0 aromatic rings. The third kappa shape index (κ3) is 5.86. The average molecular weight is 260 g/mol. The van der Waals surface area contributed by atoms with E-state index in [9.17, 15) is 9.59 Å². The number of aliphatic carboxylic acids is 1. The Morgan fingerprint density at radius 2 is 1.89 bits per heavy atom. The predicted octanol–water partition coefficient (Wildman–Crippen LogP) is 1.16. The first-order valence-corrected chi connectivity index (χ1v) is 6.05. The lowest BCUT2D eigenvalue weighted by atomic mass is 10.0. The van der Waals surface area contributed by atoms with Crippen LogP contribution in [-0.2, 0) is 9.53 Å². The number of carbonyl (C=O) groups is 2. The number of carboxylic acid groups (broad SMARTS) is 1. The highest BCUT2D eigenvalue weighted by Gasteiger charge is 2.20. The van der Waals surface area contributed by atoms with Gasteiger partial charge in [-0.3, -0.25) is 0 Å². The summed E-state index contributed by atoms with van der Waals surface area (Å²) in [6.45, 7) is 6.11. The molecule has 106 valence electrons. The molecule has 0 fully saturated rings. The molecular formula is C12H24N2O4. The van der Waals surface area contributed by atoms with Gasteiger partial charge in [-0.1, -0.05) is 13.8 Å². The zero-order valence-electron chi connectivity index (χ0n) is 11.8. The fraction of sp³-hybridized carbons (Fsp3) is 0.833. The molecule has 0 saturated carbocycles. The van der Waals surface area contributed by atoms with E-state index in [0.717, 1.165) is 6.42 Å². The second-order valence-corrected chi connectivity index (χ2v) is 4.84. The van der Waals surface area contributed by atoms with Gasteiger partial charge in [0.05, 0.1) is 6.54 Å². The largest absolute Gasteiger partial charge is 0.479 e.